The molecule has 0 N–H and O–H groups in total. The molecule has 3 heterocycles. The lowest BCUT2D eigenvalue weighted by molar-refractivity contribution is 0.0595. The lowest BCUT2D eigenvalue weighted by atomic mass is 9.93. The summed E-state index contributed by atoms with van der Waals surface area (Å²) in [7, 11) is 4.16. The van der Waals surface area contributed by atoms with Gasteiger partial charge in [-0.15, -0.1) is 5.10 Å². The summed E-state index contributed by atoms with van der Waals surface area (Å²) in [6, 6.07) is 9.75. The molecule has 1 aromatic carbocycles. The third kappa shape index (κ3) is 5.23. The molecule has 8 nitrogen and oxygen atoms in total. The molecule has 0 spiro atoms. The van der Waals surface area contributed by atoms with Crippen LogP contribution in [-0.2, 0) is 11.3 Å². The zero-order valence-corrected chi connectivity index (χ0v) is 20.3. The molecule has 0 radical (unpaired) electrons. The van der Waals surface area contributed by atoms with Crippen molar-refractivity contribution in [3.63, 3.8) is 0 Å². The molecule has 3 aliphatic rings. The van der Waals surface area contributed by atoms with Crippen LogP contribution in [0.3, 0.4) is 0 Å². The molecule has 2 aliphatic heterocycles. The maximum absolute atomic E-state index is 5.89. The Bertz CT molecular complexity index is 863. The topological polar surface area (TPSA) is 62.6 Å². The van der Waals surface area contributed by atoms with Crippen molar-refractivity contribution in [2.75, 3.05) is 51.8 Å². The van der Waals surface area contributed by atoms with Crippen LogP contribution in [0.2, 0.25) is 0 Å². The highest BCUT2D eigenvalue weighted by Gasteiger charge is 2.33. The molecule has 0 unspecified atom stereocenters. The van der Waals surface area contributed by atoms with Crippen LogP contribution in [-0.4, -0.2) is 89.0 Å². The fourth-order valence-electron chi connectivity index (χ4n) is 5.80. The van der Waals surface area contributed by atoms with Crippen molar-refractivity contribution in [2.24, 2.45) is 0 Å². The average Bonchev–Trinajstić information content (AvgIpc) is 3.54. The summed E-state index contributed by atoms with van der Waals surface area (Å²) in [6.45, 7) is 5.93. The van der Waals surface area contributed by atoms with E-state index in [4.69, 9.17) is 4.74 Å². The van der Waals surface area contributed by atoms with Crippen molar-refractivity contribution >= 4 is 5.69 Å². The van der Waals surface area contributed by atoms with E-state index in [0.717, 1.165) is 64.0 Å². The Balaban J connectivity index is 1.37. The van der Waals surface area contributed by atoms with E-state index < -0.39 is 0 Å². The Hall–Kier alpha value is -2.03. The second-order valence-electron chi connectivity index (χ2n) is 10.1. The second kappa shape index (κ2) is 10.5. The van der Waals surface area contributed by atoms with E-state index in [0.29, 0.717) is 0 Å². The fourth-order valence-corrected chi connectivity index (χ4v) is 5.80. The Morgan fingerprint density at radius 3 is 2.39 bits per heavy atom. The van der Waals surface area contributed by atoms with Gasteiger partial charge in [-0.2, -0.15) is 0 Å². The first-order valence-electron chi connectivity index (χ1n) is 12.8. The minimum absolute atomic E-state index is 0.0612. The molecule has 8 heteroatoms. The van der Waals surface area contributed by atoms with Crippen LogP contribution in [0.25, 0.3) is 0 Å². The van der Waals surface area contributed by atoms with Gasteiger partial charge in [0.15, 0.2) is 5.82 Å². The maximum Gasteiger partial charge on any atom is 0.173 e. The molecule has 0 bridgehead atoms. The highest BCUT2D eigenvalue weighted by molar-refractivity contribution is 5.47. The van der Waals surface area contributed by atoms with E-state index in [1.54, 1.807) is 0 Å². The lowest BCUT2D eigenvalue weighted by Gasteiger charge is -2.43. The number of piperazine rings is 1. The van der Waals surface area contributed by atoms with Crippen LogP contribution in [0.4, 0.5) is 5.69 Å². The van der Waals surface area contributed by atoms with Crippen molar-refractivity contribution in [2.45, 2.75) is 69.7 Å². The smallest absolute Gasteiger partial charge is 0.173 e. The molecule has 2 atom stereocenters. The second-order valence-corrected chi connectivity index (χ2v) is 10.1. The zero-order valence-electron chi connectivity index (χ0n) is 20.3. The Morgan fingerprint density at radius 2 is 1.73 bits per heavy atom. The van der Waals surface area contributed by atoms with Gasteiger partial charge in [-0.1, -0.05) is 31.4 Å². The molecule has 3 fully saturated rings. The molecule has 5 rings (SSSR count). The number of nitrogens with zero attached hydrogens (tertiary/aromatic N) is 7. The van der Waals surface area contributed by atoms with Gasteiger partial charge in [-0.25, -0.2) is 4.68 Å². The quantitative estimate of drug-likeness (QED) is 0.639. The SMILES string of the molecule is CN(C)c1ccc([C@@H](c2nnnn2C[C@@H]2CCCO2)N2CCN(C3CCCCC3)CC2)cc1. The molecule has 2 saturated heterocycles. The van der Waals surface area contributed by atoms with E-state index in [9.17, 15) is 0 Å². The molecule has 1 aliphatic carbocycles. The van der Waals surface area contributed by atoms with Crippen LogP contribution in [0.1, 0.15) is 62.4 Å². The number of hydrogen-bond donors (Lipinski definition) is 0. The number of aromatic nitrogens is 4. The molecule has 0 amide bonds. The van der Waals surface area contributed by atoms with Crippen molar-refractivity contribution in [3.8, 4) is 0 Å². The van der Waals surface area contributed by atoms with Crippen molar-refractivity contribution in [1.29, 1.82) is 0 Å². The first kappa shape index (κ1) is 22.7. The van der Waals surface area contributed by atoms with Crippen LogP contribution in [0, 0.1) is 0 Å². The lowest BCUT2D eigenvalue weighted by Crippen LogP contribution is -2.52. The molecular weight excluding hydrogens is 414 g/mol. The normalized spacial score (nSPS) is 24.2. The van der Waals surface area contributed by atoms with E-state index in [1.807, 2.05) is 4.68 Å². The Labute approximate surface area is 197 Å². The fraction of sp³-hybridized carbons (Fsp3) is 0.720. The van der Waals surface area contributed by atoms with Crippen molar-refractivity contribution in [1.82, 2.24) is 30.0 Å². The predicted molar refractivity (Wildman–Crippen MR) is 129 cm³/mol. The van der Waals surface area contributed by atoms with E-state index >= 15 is 0 Å². The number of hydrogen-bond acceptors (Lipinski definition) is 7. The number of ether oxygens (including phenoxy) is 1. The van der Waals surface area contributed by atoms with Gasteiger partial charge in [-0.05, 0) is 53.8 Å². The predicted octanol–water partition coefficient (Wildman–Crippen LogP) is 2.96. The van der Waals surface area contributed by atoms with Crippen LogP contribution >= 0.6 is 0 Å². The van der Waals surface area contributed by atoms with E-state index in [2.05, 4.69) is 68.6 Å². The number of tetrazole rings is 1. The van der Waals surface area contributed by atoms with Gasteiger partial charge in [0.2, 0.25) is 0 Å². The number of rotatable bonds is 7. The minimum Gasteiger partial charge on any atom is -0.378 e. The van der Waals surface area contributed by atoms with Gasteiger partial charge >= 0.3 is 0 Å². The highest BCUT2D eigenvalue weighted by Crippen LogP contribution is 2.31. The number of anilines is 1. The average molecular weight is 454 g/mol. The Morgan fingerprint density at radius 1 is 0.970 bits per heavy atom. The Kier molecular flexibility index (Phi) is 7.23. The van der Waals surface area contributed by atoms with Gasteiger partial charge in [0, 0.05) is 58.6 Å². The molecule has 1 saturated carbocycles. The highest BCUT2D eigenvalue weighted by atomic mass is 16.5. The first-order chi connectivity index (χ1) is 16.2. The zero-order chi connectivity index (χ0) is 22.6. The summed E-state index contributed by atoms with van der Waals surface area (Å²) in [5.41, 5.74) is 2.47. The van der Waals surface area contributed by atoms with Gasteiger partial charge in [0.1, 0.15) is 0 Å². The first-order valence-corrected chi connectivity index (χ1v) is 12.8. The standard InChI is InChI=1S/C25H39N7O/c1-29(2)21-12-10-20(11-13-21)24(25-26-27-28-32(25)19-23-9-6-18-33-23)31-16-14-30(15-17-31)22-7-4-3-5-8-22/h10-13,22-24H,3-9,14-19H2,1-2H3/t23-,24-/m0/s1. The molecular formula is C25H39N7O. The van der Waals surface area contributed by atoms with Crippen LogP contribution in [0.5, 0.6) is 0 Å². The maximum atomic E-state index is 5.89. The van der Waals surface area contributed by atoms with Crippen LogP contribution in [0.15, 0.2) is 24.3 Å². The number of benzene rings is 1. The van der Waals surface area contributed by atoms with Gasteiger partial charge < -0.3 is 9.64 Å². The monoisotopic (exact) mass is 453 g/mol. The minimum atomic E-state index is 0.0612. The third-order valence-electron chi connectivity index (χ3n) is 7.74. The summed E-state index contributed by atoms with van der Waals surface area (Å²) >= 11 is 0. The van der Waals surface area contributed by atoms with Gasteiger partial charge in [0.25, 0.3) is 0 Å². The van der Waals surface area contributed by atoms with E-state index in [1.165, 1.54) is 43.4 Å². The van der Waals surface area contributed by atoms with Crippen LogP contribution < -0.4 is 4.90 Å². The largest absolute Gasteiger partial charge is 0.378 e. The van der Waals surface area contributed by atoms with E-state index in [-0.39, 0.29) is 12.1 Å². The molecule has 180 valence electrons. The molecule has 1 aromatic heterocycles. The summed E-state index contributed by atoms with van der Waals surface area (Å²) in [5.74, 6) is 0.939. The molecule has 33 heavy (non-hydrogen) atoms. The van der Waals surface area contributed by atoms with Crippen molar-refractivity contribution < 1.29 is 4.74 Å². The third-order valence-corrected chi connectivity index (χ3v) is 7.74. The van der Waals surface area contributed by atoms with Gasteiger partial charge in [-0.3, -0.25) is 9.80 Å². The molecule has 2 aromatic rings. The summed E-state index contributed by atoms with van der Waals surface area (Å²) in [5, 5.41) is 13.0. The van der Waals surface area contributed by atoms with Crippen molar-refractivity contribution in [3.05, 3.63) is 35.7 Å². The summed E-state index contributed by atoms with van der Waals surface area (Å²) < 4.78 is 7.89. The summed E-state index contributed by atoms with van der Waals surface area (Å²) in [6.07, 6.45) is 9.36. The van der Waals surface area contributed by atoms with Gasteiger partial charge in [0.05, 0.1) is 18.7 Å². The summed E-state index contributed by atoms with van der Waals surface area (Å²) in [4.78, 5) is 7.46.